The lowest BCUT2D eigenvalue weighted by Gasteiger charge is -2.35. The summed E-state index contributed by atoms with van der Waals surface area (Å²) in [5, 5.41) is 6.30. The highest BCUT2D eigenvalue weighted by Crippen LogP contribution is 2.34. The Morgan fingerprint density at radius 1 is 0.929 bits per heavy atom. The third-order valence-electron chi connectivity index (χ3n) is 5.92. The molecule has 2 heterocycles. The summed E-state index contributed by atoms with van der Waals surface area (Å²) >= 11 is 0. The molecule has 0 saturated carbocycles. The minimum absolute atomic E-state index is 0. The van der Waals surface area contributed by atoms with Gasteiger partial charge in [-0.1, -0.05) is 44.0 Å². The maximum Gasteiger partial charge on any atom is 0.0491 e. The van der Waals surface area contributed by atoms with Crippen molar-refractivity contribution < 1.29 is 0 Å². The van der Waals surface area contributed by atoms with Gasteiger partial charge in [0, 0.05) is 60.6 Å². The molecule has 4 rings (SSSR count). The number of halogens is 2. The maximum atomic E-state index is 3.50. The highest BCUT2D eigenvalue weighted by Gasteiger charge is 2.22. The Labute approximate surface area is 181 Å². The van der Waals surface area contributed by atoms with Crippen LogP contribution in [-0.4, -0.2) is 35.6 Å². The Morgan fingerprint density at radius 3 is 2.36 bits per heavy atom. The average molecular weight is 422 g/mol. The van der Waals surface area contributed by atoms with E-state index in [1.807, 2.05) is 0 Å². The number of hydrogen-bond acceptors (Lipinski definition) is 2. The summed E-state index contributed by atoms with van der Waals surface area (Å²) in [5.41, 5.74) is 4.22. The van der Waals surface area contributed by atoms with E-state index in [4.69, 9.17) is 0 Å². The normalized spacial score (nSPS) is 15.9. The molecule has 1 fully saturated rings. The van der Waals surface area contributed by atoms with Crippen LogP contribution in [0.1, 0.15) is 44.7 Å². The van der Waals surface area contributed by atoms with E-state index in [0.29, 0.717) is 6.04 Å². The molecule has 0 radical (unpaired) electrons. The Kier molecular flexibility index (Phi) is 8.63. The Morgan fingerprint density at radius 2 is 1.64 bits per heavy atom. The first-order valence-corrected chi connectivity index (χ1v) is 10.3. The van der Waals surface area contributed by atoms with Crippen molar-refractivity contribution in [2.24, 2.45) is 0 Å². The molecular formula is C23H33Cl2N3. The SMILES string of the molecule is CCCC[C@H](c1ccc2c(c1)c1ccccc1n2CC)N1CCNCC1.Cl.Cl. The van der Waals surface area contributed by atoms with Crippen LogP contribution in [-0.2, 0) is 6.54 Å². The minimum atomic E-state index is 0. The van der Waals surface area contributed by atoms with E-state index in [1.54, 1.807) is 0 Å². The van der Waals surface area contributed by atoms with Gasteiger partial charge < -0.3 is 9.88 Å². The van der Waals surface area contributed by atoms with Crippen LogP contribution in [0.2, 0.25) is 0 Å². The maximum absolute atomic E-state index is 3.50. The number of nitrogens with one attached hydrogen (secondary N) is 1. The number of aromatic nitrogens is 1. The number of unbranched alkanes of at least 4 members (excludes halogenated alkanes) is 1. The lowest BCUT2D eigenvalue weighted by atomic mass is 9.97. The molecule has 1 aliphatic rings. The Bertz CT molecular complexity index is 884. The summed E-state index contributed by atoms with van der Waals surface area (Å²) in [6.07, 6.45) is 3.82. The Balaban J connectivity index is 0.00000140. The van der Waals surface area contributed by atoms with Crippen LogP contribution in [0.3, 0.4) is 0 Å². The zero-order valence-electron chi connectivity index (χ0n) is 17.0. The monoisotopic (exact) mass is 421 g/mol. The van der Waals surface area contributed by atoms with Crippen LogP contribution >= 0.6 is 24.8 Å². The van der Waals surface area contributed by atoms with Crippen molar-refractivity contribution in [2.45, 2.75) is 45.7 Å². The summed E-state index contributed by atoms with van der Waals surface area (Å²) in [6.45, 7) is 10.1. The molecule has 3 nitrogen and oxygen atoms in total. The van der Waals surface area contributed by atoms with Gasteiger partial charge in [-0.15, -0.1) is 24.8 Å². The average Bonchev–Trinajstić information content (AvgIpc) is 3.02. The number of benzene rings is 2. The first-order valence-electron chi connectivity index (χ1n) is 10.3. The first-order chi connectivity index (χ1) is 12.8. The summed E-state index contributed by atoms with van der Waals surface area (Å²) in [5.74, 6) is 0. The van der Waals surface area contributed by atoms with E-state index in [0.717, 1.165) is 32.7 Å². The van der Waals surface area contributed by atoms with Crippen LogP contribution in [0, 0.1) is 0 Å². The van der Waals surface area contributed by atoms with Crippen LogP contribution < -0.4 is 5.32 Å². The van der Waals surface area contributed by atoms with Crippen LogP contribution in [0.15, 0.2) is 42.5 Å². The van der Waals surface area contributed by atoms with Crippen molar-refractivity contribution >= 4 is 46.6 Å². The zero-order valence-corrected chi connectivity index (χ0v) is 18.6. The van der Waals surface area contributed by atoms with Gasteiger partial charge in [-0.05, 0) is 37.1 Å². The van der Waals surface area contributed by atoms with Gasteiger partial charge in [-0.2, -0.15) is 0 Å². The van der Waals surface area contributed by atoms with E-state index in [2.05, 4.69) is 71.1 Å². The van der Waals surface area contributed by atoms with Crippen LogP contribution in [0.4, 0.5) is 0 Å². The molecule has 154 valence electrons. The molecule has 1 aromatic heterocycles. The van der Waals surface area contributed by atoms with Gasteiger partial charge in [0.1, 0.15) is 0 Å². The second-order valence-corrected chi connectivity index (χ2v) is 7.48. The molecule has 0 spiro atoms. The molecule has 0 aliphatic carbocycles. The largest absolute Gasteiger partial charge is 0.341 e. The topological polar surface area (TPSA) is 20.2 Å². The van der Waals surface area contributed by atoms with E-state index in [1.165, 1.54) is 46.6 Å². The fourth-order valence-electron chi connectivity index (χ4n) is 4.57. The van der Waals surface area contributed by atoms with E-state index < -0.39 is 0 Å². The van der Waals surface area contributed by atoms with Crippen LogP contribution in [0.5, 0.6) is 0 Å². The molecule has 1 saturated heterocycles. The zero-order chi connectivity index (χ0) is 17.9. The predicted octanol–water partition coefficient (Wildman–Crippen LogP) is 5.79. The van der Waals surface area contributed by atoms with Crippen molar-refractivity contribution in [3.8, 4) is 0 Å². The van der Waals surface area contributed by atoms with E-state index >= 15 is 0 Å². The van der Waals surface area contributed by atoms with Gasteiger partial charge in [0.05, 0.1) is 0 Å². The van der Waals surface area contributed by atoms with E-state index in [9.17, 15) is 0 Å². The quantitative estimate of drug-likeness (QED) is 0.542. The molecule has 0 bridgehead atoms. The lowest BCUT2D eigenvalue weighted by molar-refractivity contribution is 0.163. The Hall–Kier alpha value is -1.26. The molecule has 28 heavy (non-hydrogen) atoms. The summed E-state index contributed by atoms with van der Waals surface area (Å²) in [4.78, 5) is 2.69. The number of aryl methyl sites for hydroxylation is 1. The third-order valence-corrected chi connectivity index (χ3v) is 5.92. The summed E-state index contributed by atoms with van der Waals surface area (Å²) < 4.78 is 2.44. The second-order valence-electron chi connectivity index (χ2n) is 7.48. The summed E-state index contributed by atoms with van der Waals surface area (Å²) in [6, 6.07) is 16.6. The smallest absolute Gasteiger partial charge is 0.0491 e. The van der Waals surface area contributed by atoms with Gasteiger partial charge in [0.25, 0.3) is 0 Å². The van der Waals surface area contributed by atoms with Gasteiger partial charge >= 0.3 is 0 Å². The van der Waals surface area contributed by atoms with Gasteiger partial charge in [0.2, 0.25) is 0 Å². The van der Waals surface area contributed by atoms with Crippen molar-refractivity contribution in [1.82, 2.24) is 14.8 Å². The van der Waals surface area contributed by atoms with Crippen molar-refractivity contribution in [1.29, 1.82) is 0 Å². The highest BCUT2D eigenvalue weighted by atomic mass is 35.5. The van der Waals surface area contributed by atoms with Gasteiger partial charge in [-0.25, -0.2) is 0 Å². The first kappa shape index (κ1) is 23.0. The molecule has 5 heteroatoms. The fraction of sp³-hybridized carbons (Fsp3) is 0.478. The molecule has 1 N–H and O–H groups in total. The molecular weight excluding hydrogens is 389 g/mol. The van der Waals surface area contributed by atoms with Gasteiger partial charge in [-0.3, -0.25) is 4.90 Å². The highest BCUT2D eigenvalue weighted by molar-refractivity contribution is 6.08. The predicted molar refractivity (Wildman–Crippen MR) is 126 cm³/mol. The van der Waals surface area contributed by atoms with Crippen LogP contribution in [0.25, 0.3) is 21.8 Å². The molecule has 1 atom stereocenters. The molecule has 1 aliphatic heterocycles. The van der Waals surface area contributed by atoms with Crippen molar-refractivity contribution in [3.05, 3.63) is 48.0 Å². The molecule has 3 aromatic rings. The lowest BCUT2D eigenvalue weighted by Crippen LogP contribution is -2.45. The number of rotatable bonds is 6. The standard InChI is InChI=1S/C23H31N3.2ClH/c1-3-5-9-21(25-15-13-24-14-16-25)18-11-12-23-20(17-18)19-8-6-7-10-22(19)26(23)4-2;;/h6-8,10-12,17,21,24H,3-5,9,13-16H2,1-2H3;2*1H/t21-;;/m1../s1. The third kappa shape index (κ3) is 4.33. The second kappa shape index (κ2) is 10.5. The molecule has 0 unspecified atom stereocenters. The van der Waals surface area contributed by atoms with Gasteiger partial charge in [0.15, 0.2) is 0 Å². The van der Waals surface area contributed by atoms with Crippen molar-refractivity contribution in [2.75, 3.05) is 26.2 Å². The minimum Gasteiger partial charge on any atom is -0.341 e. The number of nitrogens with zero attached hydrogens (tertiary/aromatic N) is 2. The number of fused-ring (bicyclic) bond motifs is 3. The fourth-order valence-corrected chi connectivity index (χ4v) is 4.57. The number of piperazine rings is 1. The van der Waals surface area contributed by atoms with E-state index in [-0.39, 0.29) is 24.8 Å². The number of hydrogen-bond donors (Lipinski definition) is 1. The van der Waals surface area contributed by atoms with Crippen molar-refractivity contribution in [3.63, 3.8) is 0 Å². The molecule has 2 aromatic carbocycles. The number of para-hydroxylation sites is 1. The molecule has 0 amide bonds. The summed E-state index contributed by atoms with van der Waals surface area (Å²) in [7, 11) is 0.